The van der Waals surface area contributed by atoms with Gasteiger partial charge in [-0.3, -0.25) is 4.79 Å². The quantitative estimate of drug-likeness (QED) is 0.770. The summed E-state index contributed by atoms with van der Waals surface area (Å²) in [7, 11) is 0. The Bertz CT molecular complexity index is 287. The van der Waals surface area contributed by atoms with Gasteiger partial charge in [0.15, 0.2) is 0 Å². The van der Waals surface area contributed by atoms with Gasteiger partial charge in [0.2, 0.25) is 0 Å². The van der Waals surface area contributed by atoms with Crippen LogP contribution in [0.1, 0.15) is 33.6 Å². The predicted octanol–water partition coefficient (Wildman–Crippen LogP) is 1.63. The molecule has 17 heavy (non-hydrogen) atoms. The van der Waals surface area contributed by atoms with Gasteiger partial charge in [-0.15, -0.1) is 0 Å². The predicted molar refractivity (Wildman–Crippen MR) is 64.8 cm³/mol. The fraction of sp³-hybridized carbons (Fsp3) is 0.833. The van der Waals surface area contributed by atoms with Crippen LogP contribution in [0.3, 0.4) is 0 Å². The Balaban J connectivity index is 2.62. The average Bonchev–Trinajstić information content (AvgIpc) is 3.04. The summed E-state index contributed by atoms with van der Waals surface area (Å²) >= 11 is 0. The Morgan fingerprint density at radius 2 is 1.94 bits per heavy atom. The van der Waals surface area contributed by atoms with Crippen LogP contribution in [-0.2, 0) is 4.79 Å². The van der Waals surface area contributed by atoms with Crippen molar-refractivity contribution in [2.45, 2.75) is 39.7 Å². The second-order valence-electron chi connectivity index (χ2n) is 4.88. The first-order valence-corrected chi connectivity index (χ1v) is 6.23. The molecule has 0 radical (unpaired) electrons. The number of hydrogen-bond donors (Lipinski definition) is 1. The number of carboxylic acids is 1. The first-order chi connectivity index (χ1) is 7.95. The van der Waals surface area contributed by atoms with Gasteiger partial charge < -0.3 is 14.9 Å². The van der Waals surface area contributed by atoms with Crippen LogP contribution < -0.4 is 0 Å². The van der Waals surface area contributed by atoms with E-state index in [1.807, 2.05) is 13.8 Å². The molecule has 1 N–H and O–H groups in total. The second-order valence-corrected chi connectivity index (χ2v) is 4.88. The summed E-state index contributed by atoms with van der Waals surface area (Å²) in [6, 6.07) is -0.0391. The van der Waals surface area contributed by atoms with Gasteiger partial charge in [-0.25, -0.2) is 4.79 Å². The molecule has 1 aliphatic rings. The molecule has 1 aliphatic carbocycles. The molecule has 5 heteroatoms. The number of amides is 2. The number of rotatable bonds is 6. The molecule has 1 rings (SSSR count). The lowest BCUT2D eigenvalue weighted by atomic mass is 10.3. The lowest BCUT2D eigenvalue weighted by molar-refractivity contribution is -0.137. The molecule has 0 spiro atoms. The molecule has 0 atom stereocenters. The Labute approximate surface area is 102 Å². The van der Waals surface area contributed by atoms with E-state index in [2.05, 4.69) is 0 Å². The van der Waals surface area contributed by atoms with Crippen molar-refractivity contribution >= 4 is 12.0 Å². The van der Waals surface area contributed by atoms with E-state index in [1.165, 1.54) is 17.7 Å². The third-order valence-corrected chi connectivity index (χ3v) is 3.00. The highest BCUT2D eigenvalue weighted by Crippen LogP contribution is 2.30. The maximum atomic E-state index is 12.2. The Kier molecular flexibility index (Phi) is 4.78. The molecule has 0 aliphatic heterocycles. The van der Waals surface area contributed by atoms with Crippen molar-refractivity contribution < 1.29 is 14.7 Å². The second kappa shape index (κ2) is 5.89. The fourth-order valence-corrected chi connectivity index (χ4v) is 1.75. The summed E-state index contributed by atoms with van der Waals surface area (Å²) < 4.78 is 0. The Morgan fingerprint density at radius 1 is 1.35 bits per heavy atom. The zero-order chi connectivity index (χ0) is 13.0. The molecule has 0 aromatic carbocycles. The van der Waals surface area contributed by atoms with Crippen LogP contribution in [0.15, 0.2) is 0 Å². The van der Waals surface area contributed by atoms with Crippen molar-refractivity contribution in [3.05, 3.63) is 0 Å². The Hall–Kier alpha value is -1.26. The van der Waals surface area contributed by atoms with Crippen molar-refractivity contribution in [3.63, 3.8) is 0 Å². The average molecular weight is 242 g/mol. The normalized spacial score (nSPS) is 14.8. The monoisotopic (exact) mass is 242 g/mol. The molecule has 0 aromatic heterocycles. The lowest BCUT2D eigenvalue weighted by Crippen LogP contribution is -2.48. The first-order valence-electron chi connectivity index (χ1n) is 6.23. The molecule has 1 fully saturated rings. The molecule has 98 valence electrons. The molecule has 2 amide bonds. The number of nitrogens with zero attached hydrogens (tertiary/aromatic N) is 2. The molecule has 0 aromatic rings. The number of carboxylic acid groups (broad SMARTS) is 1. The van der Waals surface area contributed by atoms with Crippen molar-refractivity contribution in [3.8, 4) is 0 Å². The highest BCUT2D eigenvalue weighted by molar-refractivity contribution is 5.80. The zero-order valence-corrected chi connectivity index (χ0v) is 10.8. The van der Waals surface area contributed by atoms with Crippen molar-refractivity contribution in [2.75, 3.05) is 19.6 Å². The number of urea groups is 1. The van der Waals surface area contributed by atoms with E-state index in [9.17, 15) is 9.59 Å². The van der Waals surface area contributed by atoms with Gasteiger partial charge in [-0.1, -0.05) is 0 Å². The third-order valence-electron chi connectivity index (χ3n) is 3.00. The van der Waals surface area contributed by atoms with Gasteiger partial charge in [-0.2, -0.15) is 0 Å². The van der Waals surface area contributed by atoms with Gasteiger partial charge in [0.05, 0.1) is 0 Å². The van der Waals surface area contributed by atoms with E-state index in [0.29, 0.717) is 12.5 Å². The minimum Gasteiger partial charge on any atom is -0.480 e. The van der Waals surface area contributed by atoms with Crippen LogP contribution >= 0.6 is 0 Å². The van der Waals surface area contributed by atoms with E-state index in [4.69, 9.17) is 5.11 Å². The number of carbonyl (C=O) groups is 2. The topological polar surface area (TPSA) is 60.9 Å². The Morgan fingerprint density at radius 3 is 2.29 bits per heavy atom. The van der Waals surface area contributed by atoms with Gasteiger partial charge in [-0.05, 0) is 39.5 Å². The number of likely N-dealkylation sites (N-methyl/N-ethyl adjacent to an activating group) is 1. The van der Waals surface area contributed by atoms with Gasteiger partial charge >= 0.3 is 12.0 Å². The van der Waals surface area contributed by atoms with Crippen LogP contribution in [0.4, 0.5) is 4.79 Å². The highest BCUT2D eigenvalue weighted by Gasteiger charge is 2.30. The standard InChI is InChI=1S/C12H22N2O3/c1-4-13(8-11(15)16)12(17)14(9(2)3)7-10-5-6-10/h9-10H,4-8H2,1-3H3,(H,15,16). The number of aliphatic carboxylic acids is 1. The molecule has 1 saturated carbocycles. The summed E-state index contributed by atoms with van der Waals surface area (Å²) in [6.07, 6.45) is 2.36. The summed E-state index contributed by atoms with van der Waals surface area (Å²) in [5.41, 5.74) is 0. The largest absolute Gasteiger partial charge is 0.480 e. The van der Waals surface area contributed by atoms with E-state index in [1.54, 1.807) is 11.8 Å². The summed E-state index contributed by atoms with van der Waals surface area (Å²) in [5.74, 6) is -0.347. The highest BCUT2D eigenvalue weighted by atomic mass is 16.4. The maximum absolute atomic E-state index is 12.2. The molecular formula is C12H22N2O3. The smallest absolute Gasteiger partial charge is 0.323 e. The summed E-state index contributed by atoms with van der Waals surface area (Å²) in [6.45, 7) is 6.70. The van der Waals surface area contributed by atoms with Crippen molar-refractivity contribution in [1.82, 2.24) is 9.80 Å². The minimum absolute atomic E-state index is 0.117. The van der Waals surface area contributed by atoms with Crippen LogP contribution in [0.25, 0.3) is 0 Å². The van der Waals surface area contributed by atoms with E-state index in [-0.39, 0.29) is 18.6 Å². The fourth-order valence-electron chi connectivity index (χ4n) is 1.75. The number of hydrogen-bond acceptors (Lipinski definition) is 2. The minimum atomic E-state index is -0.963. The molecule has 0 saturated heterocycles. The zero-order valence-electron chi connectivity index (χ0n) is 10.8. The summed E-state index contributed by atoms with van der Waals surface area (Å²) in [5, 5.41) is 8.77. The lowest BCUT2D eigenvalue weighted by Gasteiger charge is -2.32. The third kappa shape index (κ3) is 4.24. The van der Waals surface area contributed by atoms with Crippen LogP contribution in [0.2, 0.25) is 0 Å². The van der Waals surface area contributed by atoms with Crippen LogP contribution in [-0.4, -0.2) is 52.6 Å². The molecule has 0 heterocycles. The molecule has 0 unspecified atom stereocenters. The van der Waals surface area contributed by atoms with Crippen LogP contribution in [0.5, 0.6) is 0 Å². The SMILES string of the molecule is CCN(CC(=O)O)C(=O)N(CC1CC1)C(C)C. The van der Waals surface area contributed by atoms with Gasteiger partial charge in [0, 0.05) is 19.1 Å². The maximum Gasteiger partial charge on any atom is 0.323 e. The van der Waals surface area contributed by atoms with Crippen molar-refractivity contribution in [1.29, 1.82) is 0 Å². The number of carbonyl (C=O) groups excluding carboxylic acids is 1. The van der Waals surface area contributed by atoms with E-state index < -0.39 is 5.97 Å². The van der Waals surface area contributed by atoms with Crippen molar-refractivity contribution in [2.24, 2.45) is 5.92 Å². The van der Waals surface area contributed by atoms with Gasteiger partial charge in [0.25, 0.3) is 0 Å². The van der Waals surface area contributed by atoms with Gasteiger partial charge in [0.1, 0.15) is 6.54 Å². The summed E-state index contributed by atoms with van der Waals surface area (Å²) in [4.78, 5) is 26.1. The van der Waals surface area contributed by atoms with E-state index in [0.717, 1.165) is 6.54 Å². The molecule has 5 nitrogen and oxygen atoms in total. The first kappa shape index (κ1) is 13.8. The molecule has 0 bridgehead atoms. The van der Waals surface area contributed by atoms with E-state index >= 15 is 0 Å². The molecular weight excluding hydrogens is 220 g/mol. The van der Waals surface area contributed by atoms with Crippen LogP contribution in [0, 0.1) is 5.92 Å².